The van der Waals surface area contributed by atoms with Gasteiger partial charge in [0.25, 0.3) is 5.56 Å². The van der Waals surface area contributed by atoms with Gasteiger partial charge >= 0.3 is 0 Å². The lowest BCUT2D eigenvalue weighted by atomic mass is 10.0. The maximum absolute atomic E-state index is 12.8. The molecule has 1 fully saturated rings. The van der Waals surface area contributed by atoms with Crippen LogP contribution >= 0.6 is 0 Å². The smallest absolute Gasteiger partial charge is 0.263 e. The fourth-order valence-corrected chi connectivity index (χ4v) is 4.63. The van der Waals surface area contributed by atoms with Crippen molar-refractivity contribution in [1.29, 1.82) is 0 Å². The Balaban J connectivity index is 1.22. The molecule has 148 valence electrons. The summed E-state index contributed by atoms with van der Waals surface area (Å²) in [5.41, 5.74) is 3.86. The van der Waals surface area contributed by atoms with E-state index in [4.69, 9.17) is 4.52 Å². The Kier molecular flexibility index (Phi) is 3.71. The summed E-state index contributed by atoms with van der Waals surface area (Å²) in [5.74, 6) is 2.50. The van der Waals surface area contributed by atoms with Crippen LogP contribution in [0, 0.1) is 18.8 Å². The van der Waals surface area contributed by atoms with Crippen LogP contribution < -0.4 is 5.56 Å². The second kappa shape index (κ2) is 6.45. The molecule has 7 nitrogen and oxygen atoms in total. The molecule has 2 aliphatic rings. The van der Waals surface area contributed by atoms with E-state index < -0.39 is 0 Å². The summed E-state index contributed by atoms with van der Waals surface area (Å²) in [6.07, 6.45) is 6.54. The van der Waals surface area contributed by atoms with Gasteiger partial charge in [0.1, 0.15) is 12.9 Å². The van der Waals surface area contributed by atoms with E-state index in [1.807, 2.05) is 19.1 Å². The number of fused-ring (bicyclic) bond motifs is 2. The van der Waals surface area contributed by atoms with Crippen LogP contribution in [-0.2, 0) is 6.54 Å². The lowest BCUT2D eigenvalue weighted by Gasteiger charge is -2.05. The number of pyridine rings is 1. The van der Waals surface area contributed by atoms with Crippen molar-refractivity contribution in [1.82, 2.24) is 24.7 Å². The minimum absolute atomic E-state index is 0.149. The van der Waals surface area contributed by atoms with Crippen molar-refractivity contribution in [3.63, 3.8) is 0 Å². The fourth-order valence-electron chi connectivity index (χ4n) is 4.63. The van der Waals surface area contributed by atoms with Crippen molar-refractivity contribution in [3.05, 3.63) is 88.2 Å². The van der Waals surface area contributed by atoms with E-state index in [9.17, 15) is 4.79 Å². The first-order valence-corrected chi connectivity index (χ1v) is 10.1. The Hall–Kier alpha value is -3.61. The highest BCUT2D eigenvalue weighted by Gasteiger charge is 2.55. The van der Waals surface area contributed by atoms with Crippen molar-refractivity contribution in [2.75, 3.05) is 0 Å². The van der Waals surface area contributed by atoms with Crippen LogP contribution in [0.1, 0.15) is 35.2 Å². The second-order valence-electron chi connectivity index (χ2n) is 8.08. The summed E-state index contributed by atoms with van der Waals surface area (Å²) < 4.78 is 6.95. The molecule has 1 saturated carbocycles. The van der Waals surface area contributed by atoms with Crippen LogP contribution in [0.5, 0.6) is 0 Å². The van der Waals surface area contributed by atoms with E-state index in [2.05, 4.69) is 50.5 Å². The molecule has 7 heteroatoms. The van der Waals surface area contributed by atoms with Crippen LogP contribution in [0.25, 0.3) is 16.6 Å². The highest BCUT2D eigenvalue weighted by atomic mass is 16.5. The van der Waals surface area contributed by atoms with Crippen LogP contribution in [0.3, 0.4) is 0 Å². The molecule has 3 heterocycles. The van der Waals surface area contributed by atoms with E-state index in [0.29, 0.717) is 34.7 Å². The molecular formula is C23H19N5O2. The zero-order chi connectivity index (χ0) is 20.2. The molecule has 6 rings (SSSR count). The molecule has 0 radical (unpaired) electrons. The fraction of sp³-hybridized carbons (Fsp3) is 0.261. The standard InChI is InChI=1S/C23H19N5O2/c1-13-7-8-24-21-19(13)23(29)28(12-25-21)11-18-26-22(27-30-18)20-16-9-15(10-17(16)20)14-5-3-2-4-6-14/h2-9,12,16-17,20H,10-11H2,1H3/t16-,17+,20+/m0/s1. The lowest BCUT2D eigenvalue weighted by Crippen LogP contribution is -2.22. The molecule has 2 aliphatic carbocycles. The molecular weight excluding hydrogens is 378 g/mol. The maximum Gasteiger partial charge on any atom is 0.263 e. The first-order chi connectivity index (χ1) is 14.7. The maximum atomic E-state index is 12.8. The lowest BCUT2D eigenvalue weighted by molar-refractivity contribution is 0.364. The molecule has 3 atom stereocenters. The number of allylic oxidation sites excluding steroid dienone is 2. The van der Waals surface area contributed by atoms with Gasteiger partial charge in [-0.3, -0.25) is 9.36 Å². The number of aromatic nitrogens is 5. The van der Waals surface area contributed by atoms with Gasteiger partial charge < -0.3 is 4.52 Å². The molecule has 0 saturated heterocycles. The minimum Gasteiger partial charge on any atom is -0.337 e. The van der Waals surface area contributed by atoms with Gasteiger partial charge in [-0.15, -0.1) is 0 Å². The summed E-state index contributed by atoms with van der Waals surface area (Å²) >= 11 is 0. The highest BCUT2D eigenvalue weighted by molar-refractivity contribution is 5.76. The number of hydrogen-bond acceptors (Lipinski definition) is 6. The normalized spacial score (nSPS) is 22.2. The first kappa shape index (κ1) is 17.3. The number of rotatable bonds is 4. The SMILES string of the molecule is Cc1ccnc2ncn(Cc3nc([C@@H]4[C@H]5C=C(c6ccccc6)C[C@H]54)no3)c(=O)c12. The summed E-state index contributed by atoms with van der Waals surface area (Å²) in [7, 11) is 0. The van der Waals surface area contributed by atoms with Crippen LogP contribution in [0.4, 0.5) is 0 Å². The highest BCUT2D eigenvalue weighted by Crippen LogP contribution is 2.62. The van der Waals surface area contributed by atoms with Crippen molar-refractivity contribution < 1.29 is 4.52 Å². The van der Waals surface area contributed by atoms with Crippen molar-refractivity contribution in [3.8, 4) is 0 Å². The van der Waals surface area contributed by atoms with Crippen molar-refractivity contribution >= 4 is 16.6 Å². The zero-order valence-electron chi connectivity index (χ0n) is 16.4. The van der Waals surface area contributed by atoms with E-state index in [1.54, 1.807) is 6.20 Å². The Morgan fingerprint density at radius 2 is 2.03 bits per heavy atom. The quantitative estimate of drug-likeness (QED) is 0.525. The zero-order valence-corrected chi connectivity index (χ0v) is 16.4. The predicted octanol–water partition coefficient (Wildman–Crippen LogP) is 3.35. The Bertz CT molecular complexity index is 1360. The van der Waals surface area contributed by atoms with Crippen LogP contribution in [-0.4, -0.2) is 24.7 Å². The average Bonchev–Trinajstić information content (AvgIpc) is 3.10. The number of nitrogens with zero attached hydrogens (tertiary/aromatic N) is 5. The van der Waals surface area contributed by atoms with Crippen LogP contribution in [0.15, 0.2) is 64.3 Å². The van der Waals surface area contributed by atoms with E-state index in [1.165, 1.54) is 22.0 Å². The largest absolute Gasteiger partial charge is 0.337 e. The summed E-state index contributed by atoms with van der Waals surface area (Å²) in [6, 6.07) is 12.3. The Morgan fingerprint density at radius 3 is 2.83 bits per heavy atom. The molecule has 0 unspecified atom stereocenters. The van der Waals surface area contributed by atoms with Gasteiger partial charge in [-0.05, 0) is 47.9 Å². The molecule has 0 spiro atoms. The summed E-state index contributed by atoms with van der Waals surface area (Å²) in [6.45, 7) is 2.08. The number of aryl methyl sites for hydroxylation is 1. The number of benzene rings is 1. The van der Waals surface area contributed by atoms with Crippen molar-refractivity contribution in [2.24, 2.45) is 11.8 Å². The monoisotopic (exact) mass is 397 g/mol. The van der Waals surface area contributed by atoms with Gasteiger partial charge in [0.2, 0.25) is 5.89 Å². The summed E-state index contributed by atoms with van der Waals surface area (Å²) in [4.78, 5) is 25.9. The first-order valence-electron chi connectivity index (χ1n) is 10.1. The third-order valence-electron chi connectivity index (χ3n) is 6.24. The molecule has 0 N–H and O–H groups in total. The van der Waals surface area contributed by atoms with Crippen molar-refractivity contribution in [2.45, 2.75) is 25.8 Å². The van der Waals surface area contributed by atoms with Gasteiger partial charge in [0, 0.05) is 12.1 Å². The molecule has 0 amide bonds. The summed E-state index contributed by atoms with van der Waals surface area (Å²) in [5, 5.41) is 4.72. The molecule has 1 aromatic carbocycles. The molecule has 4 aromatic rings. The predicted molar refractivity (Wildman–Crippen MR) is 111 cm³/mol. The third kappa shape index (κ3) is 2.69. The Morgan fingerprint density at radius 1 is 1.17 bits per heavy atom. The van der Waals surface area contributed by atoms with E-state index in [-0.39, 0.29) is 12.1 Å². The van der Waals surface area contributed by atoms with E-state index >= 15 is 0 Å². The van der Waals surface area contributed by atoms with E-state index in [0.717, 1.165) is 17.8 Å². The van der Waals surface area contributed by atoms with Gasteiger partial charge in [-0.2, -0.15) is 4.98 Å². The molecule has 3 aromatic heterocycles. The number of hydrogen-bond donors (Lipinski definition) is 0. The minimum atomic E-state index is -0.149. The Labute approximate surface area is 172 Å². The van der Waals surface area contributed by atoms with Gasteiger partial charge in [0.15, 0.2) is 11.5 Å². The van der Waals surface area contributed by atoms with Gasteiger partial charge in [-0.25, -0.2) is 9.97 Å². The van der Waals surface area contributed by atoms with Gasteiger partial charge in [0.05, 0.1) is 5.39 Å². The second-order valence-corrected chi connectivity index (χ2v) is 8.08. The average molecular weight is 397 g/mol. The molecule has 30 heavy (non-hydrogen) atoms. The third-order valence-corrected chi connectivity index (χ3v) is 6.24. The molecule has 0 aliphatic heterocycles. The molecule has 0 bridgehead atoms. The topological polar surface area (TPSA) is 86.7 Å². The van der Waals surface area contributed by atoms with Crippen LogP contribution in [0.2, 0.25) is 0 Å². The van der Waals surface area contributed by atoms with Gasteiger partial charge in [-0.1, -0.05) is 41.6 Å².